The molecule has 1 rings (SSSR count). The van der Waals surface area contributed by atoms with Crippen LogP contribution in [-0.4, -0.2) is 50.3 Å². The maximum absolute atomic E-state index is 5.78. The van der Waals surface area contributed by atoms with Crippen LogP contribution in [0.25, 0.3) is 0 Å². The van der Waals surface area contributed by atoms with Gasteiger partial charge in [0.05, 0.1) is 12.7 Å². The number of hydrogen-bond donors (Lipinski definition) is 1. The lowest BCUT2D eigenvalue weighted by Gasteiger charge is -2.34. The van der Waals surface area contributed by atoms with Crippen LogP contribution in [0.2, 0.25) is 0 Å². The molecule has 0 aromatic carbocycles. The average Bonchev–Trinajstić information content (AvgIpc) is 2.29. The Bertz CT molecular complexity index is 216. The van der Waals surface area contributed by atoms with Crippen LogP contribution in [0.5, 0.6) is 0 Å². The number of ether oxygens (including phenoxy) is 1. The molecule has 0 spiro atoms. The molecule has 0 amide bonds. The maximum Gasteiger partial charge on any atom is 0.0826 e. The number of nitrogens with one attached hydrogen (secondary N) is 1. The molecule has 0 aromatic rings. The van der Waals surface area contributed by atoms with Gasteiger partial charge in [-0.1, -0.05) is 34.6 Å². The lowest BCUT2D eigenvalue weighted by Crippen LogP contribution is -2.47. The van der Waals surface area contributed by atoms with Gasteiger partial charge in [0, 0.05) is 26.2 Å². The smallest absolute Gasteiger partial charge is 0.0826 e. The SMILES string of the molecule is CCN1CCOC(CNCC(C)(C)C(C)C)C1. The van der Waals surface area contributed by atoms with Gasteiger partial charge in [0.15, 0.2) is 0 Å². The molecular weight excluding hydrogens is 212 g/mol. The third-order valence-corrected chi connectivity index (χ3v) is 4.19. The summed E-state index contributed by atoms with van der Waals surface area (Å²) in [6, 6.07) is 0. The van der Waals surface area contributed by atoms with Crippen molar-refractivity contribution < 1.29 is 4.74 Å². The molecule has 3 nitrogen and oxygen atoms in total. The zero-order chi connectivity index (χ0) is 12.9. The summed E-state index contributed by atoms with van der Waals surface area (Å²) in [7, 11) is 0. The summed E-state index contributed by atoms with van der Waals surface area (Å²) < 4.78 is 5.78. The highest BCUT2D eigenvalue weighted by Gasteiger charge is 2.23. The first-order valence-electron chi connectivity index (χ1n) is 7.00. The van der Waals surface area contributed by atoms with E-state index >= 15 is 0 Å². The van der Waals surface area contributed by atoms with Crippen molar-refractivity contribution in [1.82, 2.24) is 10.2 Å². The Morgan fingerprint density at radius 3 is 2.71 bits per heavy atom. The van der Waals surface area contributed by atoms with E-state index in [0.717, 1.165) is 39.3 Å². The molecule has 3 heteroatoms. The van der Waals surface area contributed by atoms with Crippen molar-refractivity contribution in [3.8, 4) is 0 Å². The topological polar surface area (TPSA) is 24.5 Å². The maximum atomic E-state index is 5.78. The van der Waals surface area contributed by atoms with E-state index in [4.69, 9.17) is 4.74 Å². The highest BCUT2D eigenvalue weighted by Crippen LogP contribution is 2.24. The van der Waals surface area contributed by atoms with Gasteiger partial charge >= 0.3 is 0 Å². The van der Waals surface area contributed by atoms with E-state index in [2.05, 4.69) is 44.8 Å². The van der Waals surface area contributed by atoms with Crippen LogP contribution < -0.4 is 5.32 Å². The van der Waals surface area contributed by atoms with Gasteiger partial charge in [-0.25, -0.2) is 0 Å². The van der Waals surface area contributed by atoms with Crippen LogP contribution in [-0.2, 0) is 4.74 Å². The van der Waals surface area contributed by atoms with Crippen LogP contribution in [0, 0.1) is 11.3 Å². The molecule has 17 heavy (non-hydrogen) atoms. The lowest BCUT2D eigenvalue weighted by molar-refractivity contribution is -0.0263. The number of likely N-dealkylation sites (N-methyl/N-ethyl adjacent to an activating group) is 1. The van der Waals surface area contributed by atoms with Crippen LogP contribution in [0.4, 0.5) is 0 Å². The highest BCUT2D eigenvalue weighted by atomic mass is 16.5. The second kappa shape index (κ2) is 6.72. The van der Waals surface area contributed by atoms with Crippen molar-refractivity contribution in [3.63, 3.8) is 0 Å². The Hall–Kier alpha value is -0.120. The minimum Gasteiger partial charge on any atom is -0.374 e. The summed E-state index contributed by atoms with van der Waals surface area (Å²) in [5, 5.41) is 3.57. The summed E-state index contributed by atoms with van der Waals surface area (Å²) in [5.41, 5.74) is 0.360. The number of hydrogen-bond acceptors (Lipinski definition) is 3. The largest absolute Gasteiger partial charge is 0.374 e. The molecule has 0 aliphatic carbocycles. The Morgan fingerprint density at radius 1 is 1.41 bits per heavy atom. The number of morpholine rings is 1. The van der Waals surface area contributed by atoms with E-state index in [1.165, 1.54) is 0 Å². The van der Waals surface area contributed by atoms with E-state index in [1.54, 1.807) is 0 Å². The summed E-state index contributed by atoms with van der Waals surface area (Å²) in [4.78, 5) is 2.46. The second-order valence-electron chi connectivity index (χ2n) is 6.16. The van der Waals surface area contributed by atoms with Crippen molar-refractivity contribution in [3.05, 3.63) is 0 Å². The van der Waals surface area contributed by atoms with Crippen molar-refractivity contribution in [2.75, 3.05) is 39.3 Å². The zero-order valence-corrected chi connectivity index (χ0v) is 12.3. The molecule has 0 radical (unpaired) electrons. The van der Waals surface area contributed by atoms with Crippen molar-refractivity contribution in [2.45, 2.75) is 40.7 Å². The third-order valence-electron chi connectivity index (χ3n) is 4.19. The van der Waals surface area contributed by atoms with E-state index in [0.29, 0.717) is 17.4 Å². The first-order chi connectivity index (χ1) is 7.95. The van der Waals surface area contributed by atoms with Crippen molar-refractivity contribution in [2.24, 2.45) is 11.3 Å². The van der Waals surface area contributed by atoms with E-state index < -0.39 is 0 Å². The fourth-order valence-corrected chi connectivity index (χ4v) is 1.95. The molecule has 1 aliphatic heterocycles. The van der Waals surface area contributed by atoms with Crippen LogP contribution in [0.3, 0.4) is 0 Å². The Kier molecular flexibility index (Phi) is 5.90. The van der Waals surface area contributed by atoms with Gasteiger partial charge in [0.25, 0.3) is 0 Å². The minimum atomic E-state index is 0.360. The summed E-state index contributed by atoms with van der Waals surface area (Å²) in [6.45, 7) is 17.7. The van der Waals surface area contributed by atoms with Gasteiger partial charge in [0.2, 0.25) is 0 Å². The molecule has 0 bridgehead atoms. The van der Waals surface area contributed by atoms with Gasteiger partial charge in [-0.3, -0.25) is 4.90 Å². The molecule has 1 saturated heterocycles. The summed E-state index contributed by atoms with van der Waals surface area (Å²) in [5.74, 6) is 0.703. The predicted molar refractivity (Wildman–Crippen MR) is 73.3 cm³/mol. The van der Waals surface area contributed by atoms with E-state index in [1.807, 2.05) is 0 Å². The van der Waals surface area contributed by atoms with Gasteiger partial charge in [-0.05, 0) is 17.9 Å². The molecule has 0 saturated carbocycles. The fourth-order valence-electron chi connectivity index (χ4n) is 1.95. The number of nitrogens with zero attached hydrogens (tertiary/aromatic N) is 1. The molecule has 1 aliphatic rings. The molecule has 1 fully saturated rings. The highest BCUT2D eigenvalue weighted by molar-refractivity contribution is 4.78. The van der Waals surface area contributed by atoms with Gasteiger partial charge in [-0.15, -0.1) is 0 Å². The second-order valence-corrected chi connectivity index (χ2v) is 6.16. The van der Waals surface area contributed by atoms with Crippen LogP contribution >= 0.6 is 0 Å². The summed E-state index contributed by atoms with van der Waals surface area (Å²) >= 11 is 0. The minimum absolute atomic E-state index is 0.360. The Balaban J connectivity index is 2.22. The first-order valence-corrected chi connectivity index (χ1v) is 7.00. The predicted octanol–water partition coefficient (Wildman–Crippen LogP) is 1.98. The van der Waals surface area contributed by atoms with Crippen LogP contribution in [0.15, 0.2) is 0 Å². The van der Waals surface area contributed by atoms with Gasteiger partial charge in [-0.2, -0.15) is 0 Å². The first kappa shape index (κ1) is 14.9. The van der Waals surface area contributed by atoms with Gasteiger partial charge < -0.3 is 10.1 Å². The zero-order valence-electron chi connectivity index (χ0n) is 12.3. The monoisotopic (exact) mass is 242 g/mol. The molecule has 1 heterocycles. The van der Waals surface area contributed by atoms with E-state index in [9.17, 15) is 0 Å². The third kappa shape index (κ3) is 4.94. The quantitative estimate of drug-likeness (QED) is 0.771. The Morgan fingerprint density at radius 2 is 2.12 bits per heavy atom. The lowest BCUT2D eigenvalue weighted by atomic mass is 9.81. The van der Waals surface area contributed by atoms with E-state index in [-0.39, 0.29) is 0 Å². The van der Waals surface area contributed by atoms with Crippen molar-refractivity contribution in [1.29, 1.82) is 0 Å². The molecule has 1 unspecified atom stereocenters. The molecule has 102 valence electrons. The molecule has 1 atom stereocenters. The standard InChI is InChI=1S/C14H30N2O/c1-6-16-7-8-17-13(10-16)9-15-11-14(4,5)12(2)3/h12-13,15H,6-11H2,1-5H3. The van der Waals surface area contributed by atoms with Gasteiger partial charge in [0.1, 0.15) is 0 Å². The average molecular weight is 242 g/mol. The van der Waals surface area contributed by atoms with Crippen LogP contribution in [0.1, 0.15) is 34.6 Å². The Labute approximate surface area is 107 Å². The molecule has 0 aromatic heterocycles. The number of rotatable bonds is 6. The molecular formula is C14H30N2O. The normalized spacial score (nSPS) is 23.3. The summed E-state index contributed by atoms with van der Waals surface area (Å²) in [6.07, 6.45) is 0.367. The molecule has 1 N–H and O–H groups in total. The van der Waals surface area contributed by atoms with Crippen molar-refractivity contribution >= 4 is 0 Å². The fraction of sp³-hybridized carbons (Fsp3) is 1.00.